The Morgan fingerprint density at radius 2 is 1.83 bits per heavy atom. The van der Waals surface area contributed by atoms with Gasteiger partial charge in [-0.2, -0.15) is 0 Å². The zero-order chi connectivity index (χ0) is 25.9. The molecule has 1 unspecified atom stereocenters. The minimum atomic E-state index is -3.42. The van der Waals surface area contributed by atoms with Crippen molar-refractivity contribution in [3.8, 4) is 5.75 Å². The molecular formula is C24H31BrN3O7P. The molecule has 0 N–H and O–H groups in total. The third-order valence-electron chi connectivity index (χ3n) is 6.43. The van der Waals surface area contributed by atoms with Crippen LogP contribution in [0.5, 0.6) is 5.75 Å². The number of nitrogens with zero attached hydrogens (tertiary/aromatic N) is 3. The minimum Gasteiger partial charge on any atom is -0.482 e. The molecule has 2 aliphatic rings. The Morgan fingerprint density at radius 3 is 2.44 bits per heavy atom. The first-order valence-electron chi connectivity index (χ1n) is 11.9. The molecule has 4 rings (SSSR count). The highest BCUT2D eigenvalue weighted by Crippen LogP contribution is 2.48. The SMILES string of the molecule is CCOP(=O)(CCN1C(=O)c2c(OCc3ccccc3)c(=O)c(Br)cn2N(C)C12CCOC2)OCC. The zero-order valence-electron chi connectivity index (χ0n) is 20.6. The van der Waals surface area contributed by atoms with E-state index in [4.69, 9.17) is 18.5 Å². The number of aromatic nitrogens is 1. The second-order valence-electron chi connectivity index (χ2n) is 8.54. The molecule has 1 fully saturated rings. The summed E-state index contributed by atoms with van der Waals surface area (Å²) in [6.07, 6.45) is 2.12. The van der Waals surface area contributed by atoms with E-state index in [1.165, 1.54) is 0 Å². The number of halogens is 1. The zero-order valence-corrected chi connectivity index (χ0v) is 23.1. The normalized spacial score (nSPS) is 19.7. The Kier molecular flexibility index (Phi) is 8.26. The Balaban J connectivity index is 1.75. The summed E-state index contributed by atoms with van der Waals surface area (Å²) >= 11 is 3.34. The second-order valence-corrected chi connectivity index (χ2v) is 11.6. The summed E-state index contributed by atoms with van der Waals surface area (Å²) in [6.45, 7) is 4.86. The van der Waals surface area contributed by atoms with Crippen molar-refractivity contribution in [2.24, 2.45) is 0 Å². The van der Waals surface area contributed by atoms with Gasteiger partial charge in [0.15, 0.2) is 17.1 Å². The van der Waals surface area contributed by atoms with Crippen LogP contribution in [-0.2, 0) is 25.0 Å². The maximum absolute atomic E-state index is 14.1. The lowest BCUT2D eigenvalue weighted by atomic mass is 10.0. The van der Waals surface area contributed by atoms with E-state index in [9.17, 15) is 14.2 Å². The van der Waals surface area contributed by atoms with Gasteiger partial charge in [-0.3, -0.25) is 23.8 Å². The number of rotatable bonds is 10. The maximum atomic E-state index is 14.1. The van der Waals surface area contributed by atoms with E-state index in [0.29, 0.717) is 13.0 Å². The van der Waals surface area contributed by atoms with Crippen LogP contribution in [0.15, 0.2) is 45.8 Å². The van der Waals surface area contributed by atoms with Crippen molar-refractivity contribution in [1.82, 2.24) is 9.58 Å². The van der Waals surface area contributed by atoms with E-state index in [0.717, 1.165) is 5.56 Å². The fraction of sp³-hybridized carbons (Fsp3) is 0.500. The Morgan fingerprint density at radius 1 is 1.14 bits per heavy atom. The van der Waals surface area contributed by atoms with Crippen LogP contribution in [0.2, 0.25) is 0 Å². The molecule has 196 valence electrons. The molecule has 2 aliphatic heterocycles. The number of fused-ring (bicyclic) bond motifs is 1. The Labute approximate surface area is 218 Å². The summed E-state index contributed by atoms with van der Waals surface area (Å²) in [5.74, 6) is -0.465. The number of ether oxygens (including phenoxy) is 2. The molecule has 0 bridgehead atoms. The fourth-order valence-electron chi connectivity index (χ4n) is 4.64. The van der Waals surface area contributed by atoms with Crippen LogP contribution in [0, 0.1) is 0 Å². The van der Waals surface area contributed by atoms with Crippen LogP contribution >= 0.6 is 23.5 Å². The Hall–Kier alpha value is -2.17. The summed E-state index contributed by atoms with van der Waals surface area (Å²) in [5.41, 5.74) is -0.300. The molecule has 3 heterocycles. The maximum Gasteiger partial charge on any atom is 0.332 e. The van der Waals surface area contributed by atoms with Crippen molar-refractivity contribution in [2.75, 3.05) is 51.2 Å². The van der Waals surface area contributed by atoms with Gasteiger partial charge in [-0.15, -0.1) is 0 Å². The highest BCUT2D eigenvalue weighted by molar-refractivity contribution is 9.10. The lowest BCUT2D eigenvalue weighted by Crippen LogP contribution is -2.70. The molecule has 12 heteroatoms. The largest absolute Gasteiger partial charge is 0.482 e. The van der Waals surface area contributed by atoms with Crippen LogP contribution in [0.1, 0.15) is 36.3 Å². The van der Waals surface area contributed by atoms with E-state index in [1.54, 1.807) is 29.6 Å². The molecule has 10 nitrogen and oxygen atoms in total. The van der Waals surface area contributed by atoms with Crippen LogP contribution < -0.4 is 15.2 Å². The van der Waals surface area contributed by atoms with Crippen LogP contribution in [0.4, 0.5) is 0 Å². The van der Waals surface area contributed by atoms with Gasteiger partial charge in [-0.05, 0) is 35.3 Å². The molecule has 1 saturated heterocycles. The quantitative estimate of drug-likeness (QED) is 0.391. The number of likely N-dealkylation sites (N-methyl/N-ethyl adjacent to an activating group) is 1. The number of amides is 1. The Bertz CT molecular complexity index is 1190. The van der Waals surface area contributed by atoms with Gasteiger partial charge in [0.25, 0.3) is 5.91 Å². The van der Waals surface area contributed by atoms with Crippen LogP contribution in [-0.4, -0.2) is 67.3 Å². The van der Waals surface area contributed by atoms with Crippen LogP contribution in [0.3, 0.4) is 0 Å². The summed E-state index contributed by atoms with van der Waals surface area (Å²) < 4.78 is 37.7. The van der Waals surface area contributed by atoms with Gasteiger partial charge in [-0.25, -0.2) is 0 Å². The van der Waals surface area contributed by atoms with Gasteiger partial charge in [0.2, 0.25) is 5.43 Å². The summed E-state index contributed by atoms with van der Waals surface area (Å²) in [4.78, 5) is 28.8. The number of carbonyl (C=O) groups excluding carboxylic acids is 1. The average Bonchev–Trinajstić information content (AvgIpc) is 3.35. The molecule has 1 amide bonds. The number of hydrogen-bond donors (Lipinski definition) is 0. The van der Waals surface area contributed by atoms with Crippen molar-refractivity contribution in [2.45, 2.75) is 32.5 Å². The van der Waals surface area contributed by atoms with Gasteiger partial charge in [0.1, 0.15) is 6.61 Å². The standard InChI is InChI=1S/C24H31BrN3O7P/c1-4-34-36(31,35-5-2)14-12-27-23(30)20-22(33-16-18-9-7-6-8-10-18)21(29)19(25)15-28(20)26(3)24(27)11-13-32-17-24/h6-10,15H,4-5,11-14,16-17H2,1-3H3. The highest BCUT2D eigenvalue weighted by Gasteiger charge is 2.53. The molecule has 0 saturated carbocycles. The molecule has 0 radical (unpaired) electrons. The van der Waals surface area contributed by atoms with E-state index < -0.39 is 24.6 Å². The van der Waals surface area contributed by atoms with E-state index in [-0.39, 0.29) is 55.1 Å². The highest BCUT2D eigenvalue weighted by atomic mass is 79.9. The molecule has 36 heavy (non-hydrogen) atoms. The van der Waals surface area contributed by atoms with Gasteiger partial charge >= 0.3 is 7.60 Å². The summed E-state index contributed by atoms with van der Waals surface area (Å²) in [6, 6.07) is 9.41. The number of pyridine rings is 1. The van der Waals surface area contributed by atoms with Crippen molar-refractivity contribution in [1.29, 1.82) is 0 Å². The monoisotopic (exact) mass is 583 g/mol. The lowest BCUT2D eigenvalue weighted by Gasteiger charge is -2.52. The molecule has 1 aromatic carbocycles. The molecule has 2 aromatic rings. The molecule has 0 aliphatic carbocycles. The first-order valence-corrected chi connectivity index (χ1v) is 14.4. The molecule has 1 spiro atoms. The number of hydrogen-bond acceptors (Lipinski definition) is 8. The first kappa shape index (κ1) is 26.9. The van der Waals surface area contributed by atoms with E-state index in [1.807, 2.05) is 42.4 Å². The predicted molar refractivity (Wildman–Crippen MR) is 138 cm³/mol. The van der Waals surface area contributed by atoms with Gasteiger partial charge in [0.05, 0.1) is 37.1 Å². The molecule has 1 atom stereocenters. The first-order chi connectivity index (χ1) is 17.3. The van der Waals surface area contributed by atoms with Gasteiger partial charge < -0.3 is 23.4 Å². The third kappa shape index (κ3) is 4.99. The average molecular weight is 584 g/mol. The number of carbonyl (C=O) groups is 1. The summed E-state index contributed by atoms with van der Waals surface area (Å²) in [5, 5.41) is 1.88. The second kappa shape index (κ2) is 11.1. The smallest absolute Gasteiger partial charge is 0.332 e. The van der Waals surface area contributed by atoms with Gasteiger partial charge in [0, 0.05) is 26.2 Å². The lowest BCUT2D eigenvalue weighted by molar-refractivity contribution is 0.0240. The van der Waals surface area contributed by atoms with Crippen LogP contribution in [0.25, 0.3) is 0 Å². The molecule has 1 aromatic heterocycles. The van der Waals surface area contributed by atoms with Gasteiger partial charge in [-0.1, -0.05) is 30.3 Å². The summed E-state index contributed by atoms with van der Waals surface area (Å²) in [7, 11) is -1.58. The van der Waals surface area contributed by atoms with Crippen molar-refractivity contribution < 1.29 is 27.9 Å². The molecular weight excluding hydrogens is 553 g/mol. The fourth-order valence-corrected chi connectivity index (χ4v) is 6.58. The van der Waals surface area contributed by atoms with E-state index in [2.05, 4.69) is 15.9 Å². The van der Waals surface area contributed by atoms with Crippen molar-refractivity contribution in [3.63, 3.8) is 0 Å². The third-order valence-corrected chi connectivity index (χ3v) is 9.05. The van der Waals surface area contributed by atoms with Crippen molar-refractivity contribution >= 4 is 29.4 Å². The predicted octanol–water partition coefficient (Wildman–Crippen LogP) is 3.60. The number of benzene rings is 1. The van der Waals surface area contributed by atoms with E-state index >= 15 is 0 Å². The minimum absolute atomic E-state index is 0.0109. The van der Waals surface area contributed by atoms with Crippen molar-refractivity contribution in [3.05, 3.63) is 62.5 Å². The topological polar surface area (TPSA) is 99.5 Å².